The number of rotatable bonds is 3. The van der Waals surface area contributed by atoms with Crippen LogP contribution in [0.4, 0.5) is 0 Å². The van der Waals surface area contributed by atoms with Gasteiger partial charge >= 0.3 is 0 Å². The van der Waals surface area contributed by atoms with Crippen molar-refractivity contribution >= 4 is 11.3 Å². The summed E-state index contributed by atoms with van der Waals surface area (Å²) < 4.78 is 0. The highest BCUT2D eigenvalue weighted by Gasteiger charge is 2.23. The van der Waals surface area contributed by atoms with E-state index in [1.165, 1.54) is 36.3 Å². The minimum Gasteiger partial charge on any atom is -0.250 e. The van der Waals surface area contributed by atoms with Gasteiger partial charge in [-0.2, -0.15) is 0 Å². The highest BCUT2D eigenvalue weighted by molar-refractivity contribution is 7.09. The van der Waals surface area contributed by atoms with Gasteiger partial charge in [0.15, 0.2) is 0 Å². The van der Waals surface area contributed by atoms with Crippen LogP contribution in [0.1, 0.15) is 42.2 Å². The summed E-state index contributed by atoms with van der Waals surface area (Å²) in [6, 6.07) is 0. The first-order chi connectivity index (χ1) is 7.81. The maximum atomic E-state index is 8.29. The lowest BCUT2D eigenvalue weighted by Gasteiger charge is -2.27. The zero-order valence-electron chi connectivity index (χ0n) is 9.46. The van der Waals surface area contributed by atoms with Gasteiger partial charge in [0, 0.05) is 16.3 Å². The minimum absolute atomic E-state index is 0.598. The topological polar surface area (TPSA) is 61.7 Å². The third-order valence-corrected chi connectivity index (χ3v) is 4.50. The molecule has 0 aliphatic heterocycles. The monoisotopic (exact) mass is 236 g/mol. The Morgan fingerprint density at radius 3 is 2.81 bits per heavy atom. The molecule has 86 valence electrons. The fourth-order valence-corrected chi connectivity index (χ4v) is 3.44. The maximum absolute atomic E-state index is 8.29. The Kier molecular flexibility index (Phi) is 3.80. The summed E-state index contributed by atoms with van der Waals surface area (Å²) in [4.78, 5) is 8.60. The van der Waals surface area contributed by atoms with E-state index in [1.54, 1.807) is 11.3 Å². The van der Waals surface area contributed by atoms with Crippen molar-refractivity contribution in [3.63, 3.8) is 0 Å². The van der Waals surface area contributed by atoms with E-state index in [0.717, 1.165) is 0 Å². The van der Waals surface area contributed by atoms with Gasteiger partial charge in [0.2, 0.25) is 0 Å². The second-order valence-electron chi connectivity index (χ2n) is 4.43. The third-order valence-electron chi connectivity index (χ3n) is 3.40. The first-order valence-corrected chi connectivity index (χ1v) is 6.60. The Labute approximate surface area is 99.3 Å². The average Bonchev–Trinajstić information content (AvgIpc) is 2.74. The predicted molar refractivity (Wildman–Crippen MR) is 65.6 cm³/mol. The largest absolute Gasteiger partial charge is 0.250 e. The standard InChI is InChI=1S/C11H16N4S/c1-8-11(16-7-13-8)10-4-2-9(3-5-10)6-14-15-12/h7,9-10H,2-6H2,1H3. The predicted octanol–water partition coefficient (Wildman–Crippen LogP) is 4.04. The Morgan fingerprint density at radius 1 is 1.50 bits per heavy atom. The Hall–Kier alpha value is -1.06. The van der Waals surface area contributed by atoms with Gasteiger partial charge < -0.3 is 0 Å². The molecule has 0 radical (unpaired) electrons. The molecule has 5 heteroatoms. The van der Waals surface area contributed by atoms with Crippen LogP contribution in [-0.2, 0) is 0 Å². The average molecular weight is 236 g/mol. The van der Waals surface area contributed by atoms with Crippen molar-refractivity contribution in [2.24, 2.45) is 11.0 Å². The molecule has 16 heavy (non-hydrogen) atoms. The van der Waals surface area contributed by atoms with E-state index < -0.39 is 0 Å². The fourth-order valence-electron chi connectivity index (χ4n) is 2.46. The molecule has 4 nitrogen and oxygen atoms in total. The fraction of sp³-hybridized carbons (Fsp3) is 0.727. The molecule has 1 saturated carbocycles. The second kappa shape index (κ2) is 5.32. The number of hydrogen-bond donors (Lipinski definition) is 0. The van der Waals surface area contributed by atoms with Gasteiger partial charge in [-0.25, -0.2) is 4.98 Å². The van der Waals surface area contributed by atoms with Gasteiger partial charge in [0.1, 0.15) is 0 Å². The molecule has 1 aromatic heterocycles. The summed E-state index contributed by atoms with van der Waals surface area (Å²) >= 11 is 1.78. The quantitative estimate of drug-likeness (QED) is 0.444. The maximum Gasteiger partial charge on any atom is 0.0797 e. The summed E-state index contributed by atoms with van der Waals surface area (Å²) in [5, 5.41) is 3.67. The van der Waals surface area contributed by atoms with Gasteiger partial charge in [-0.3, -0.25) is 0 Å². The minimum atomic E-state index is 0.598. The molecule has 1 aliphatic carbocycles. The van der Waals surface area contributed by atoms with Gasteiger partial charge in [-0.1, -0.05) is 5.11 Å². The van der Waals surface area contributed by atoms with Gasteiger partial charge in [0.05, 0.1) is 11.2 Å². The Balaban J connectivity index is 1.90. The molecule has 0 saturated heterocycles. The van der Waals surface area contributed by atoms with Crippen molar-refractivity contribution in [3.05, 3.63) is 26.5 Å². The van der Waals surface area contributed by atoms with Crippen molar-refractivity contribution in [1.82, 2.24) is 4.98 Å². The molecule has 1 heterocycles. The van der Waals surface area contributed by atoms with Gasteiger partial charge in [-0.15, -0.1) is 11.3 Å². The number of azide groups is 1. The van der Waals surface area contributed by atoms with E-state index in [4.69, 9.17) is 5.53 Å². The van der Waals surface area contributed by atoms with Crippen LogP contribution in [0.5, 0.6) is 0 Å². The van der Waals surface area contributed by atoms with Crippen LogP contribution in [0.2, 0.25) is 0 Å². The van der Waals surface area contributed by atoms with Gasteiger partial charge in [-0.05, 0) is 50.0 Å². The molecule has 2 rings (SSSR count). The molecule has 0 aromatic carbocycles. The van der Waals surface area contributed by atoms with Crippen molar-refractivity contribution in [2.45, 2.75) is 38.5 Å². The summed E-state index contributed by atoms with van der Waals surface area (Å²) in [7, 11) is 0. The van der Waals surface area contributed by atoms with E-state index in [1.807, 2.05) is 5.51 Å². The van der Waals surface area contributed by atoms with Crippen LogP contribution in [0, 0.1) is 12.8 Å². The number of aromatic nitrogens is 1. The van der Waals surface area contributed by atoms with Crippen LogP contribution in [0.3, 0.4) is 0 Å². The van der Waals surface area contributed by atoms with E-state index >= 15 is 0 Å². The smallest absolute Gasteiger partial charge is 0.0797 e. The summed E-state index contributed by atoms with van der Waals surface area (Å²) in [5.74, 6) is 1.29. The molecular weight excluding hydrogens is 220 g/mol. The highest BCUT2D eigenvalue weighted by atomic mass is 32.1. The zero-order valence-corrected chi connectivity index (χ0v) is 10.3. The summed E-state index contributed by atoms with van der Waals surface area (Å²) in [6.45, 7) is 2.77. The van der Waals surface area contributed by atoms with Crippen molar-refractivity contribution < 1.29 is 0 Å². The van der Waals surface area contributed by atoms with Crippen LogP contribution in [-0.4, -0.2) is 11.5 Å². The Bertz CT molecular complexity index is 386. The molecule has 0 bridgehead atoms. The molecular formula is C11H16N4S. The van der Waals surface area contributed by atoms with E-state index in [2.05, 4.69) is 21.9 Å². The Morgan fingerprint density at radius 2 is 2.25 bits per heavy atom. The van der Waals surface area contributed by atoms with Crippen molar-refractivity contribution in [1.29, 1.82) is 0 Å². The van der Waals surface area contributed by atoms with Crippen molar-refractivity contribution in [3.8, 4) is 0 Å². The normalized spacial score (nSPS) is 25.1. The number of hydrogen-bond acceptors (Lipinski definition) is 3. The molecule has 0 unspecified atom stereocenters. The lowest BCUT2D eigenvalue weighted by Crippen LogP contribution is -2.15. The number of aryl methyl sites for hydroxylation is 1. The summed E-state index contributed by atoms with van der Waals surface area (Å²) in [5.41, 5.74) is 11.4. The first-order valence-electron chi connectivity index (χ1n) is 5.72. The molecule has 1 fully saturated rings. The SMILES string of the molecule is Cc1ncsc1C1CCC(CN=[N+]=[N-])CC1. The molecule has 0 atom stereocenters. The van der Waals surface area contributed by atoms with Crippen molar-refractivity contribution in [2.75, 3.05) is 6.54 Å². The highest BCUT2D eigenvalue weighted by Crippen LogP contribution is 2.38. The van der Waals surface area contributed by atoms with Gasteiger partial charge in [0.25, 0.3) is 0 Å². The lowest BCUT2D eigenvalue weighted by atomic mass is 9.81. The molecule has 0 N–H and O–H groups in total. The molecule has 0 amide bonds. The molecule has 1 aromatic rings. The van der Waals surface area contributed by atoms with E-state index in [9.17, 15) is 0 Å². The first kappa shape index (κ1) is 11.4. The van der Waals surface area contributed by atoms with Crippen LogP contribution < -0.4 is 0 Å². The van der Waals surface area contributed by atoms with Crippen LogP contribution >= 0.6 is 11.3 Å². The second-order valence-corrected chi connectivity index (χ2v) is 5.32. The van der Waals surface area contributed by atoms with Crippen LogP contribution in [0.25, 0.3) is 10.4 Å². The third kappa shape index (κ3) is 2.54. The molecule has 0 spiro atoms. The number of thiazole rings is 1. The molecule has 1 aliphatic rings. The number of nitrogens with zero attached hydrogens (tertiary/aromatic N) is 4. The summed E-state index contributed by atoms with van der Waals surface area (Å²) in [6.07, 6.45) is 4.80. The van der Waals surface area contributed by atoms with E-state index in [0.29, 0.717) is 18.4 Å². The van der Waals surface area contributed by atoms with E-state index in [-0.39, 0.29) is 0 Å². The lowest BCUT2D eigenvalue weighted by molar-refractivity contribution is 0.334. The zero-order chi connectivity index (χ0) is 11.4. The van der Waals surface area contributed by atoms with Crippen LogP contribution in [0.15, 0.2) is 10.6 Å².